The third-order valence-electron chi connectivity index (χ3n) is 3.15. The highest BCUT2D eigenvalue weighted by atomic mass is 35.5. The molecule has 6 heteroatoms. The van der Waals surface area contributed by atoms with Crippen LogP contribution in [0.25, 0.3) is 6.08 Å². The molecule has 1 aliphatic rings. The zero-order valence-corrected chi connectivity index (χ0v) is 12.8. The molecule has 1 heterocycles. The van der Waals surface area contributed by atoms with Gasteiger partial charge in [0, 0.05) is 42.3 Å². The molecule has 108 valence electrons. The van der Waals surface area contributed by atoms with Gasteiger partial charge in [0.05, 0.1) is 0 Å². The van der Waals surface area contributed by atoms with Crippen LogP contribution in [0.15, 0.2) is 24.3 Å². The molecule has 0 radical (unpaired) electrons. The second-order valence-corrected chi connectivity index (χ2v) is 5.61. The molecule has 1 aromatic carbocycles. The van der Waals surface area contributed by atoms with Crippen LogP contribution in [0.2, 0.25) is 10.0 Å². The van der Waals surface area contributed by atoms with Crippen LogP contribution in [-0.2, 0) is 4.79 Å². The van der Waals surface area contributed by atoms with Gasteiger partial charge >= 0.3 is 0 Å². The van der Waals surface area contributed by atoms with Gasteiger partial charge in [-0.15, -0.1) is 0 Å². The molecule has 0 unspecified atom stereocenters. The summed E-state index contributed by atoms with van der Waals surface area (Å²) in [6.45, 7) is 3.57. The fourth-order valence-electron chi connectivity index (χ4n) is 1.91. The first-order valence-electron chi connectivity index (χ1n) is 6.42. The van der Waals surface area contributed by atoms with E-state index in [9.17, 15) is 4.79 Å². The summed E-state index contributed by atoms with van der Waals surface area (Å²) in [6.07, 6.45) is 3.16. The van der Waals surface area contributed by atoms with Gasteiger partial charge in [0.15, 0.2) is 0 Å². The monoisotopic (exact) mass is 313 g/mol. The Hall–Kier alpha value is -1.07. The Morgan fingerprint density at radius 2 is 1.95 bits per heavy atom. The summed E-state index contributed by atoms with van der Waals surface area (Å²) in [7, 11) is 2.07. The molecule has 0 saturated carbocycles. The number of amides is 1. The number of hydrazine groups is 1. The van der Waals surface area contributed by atoms with Crippen molar-refractivity contribution in [3.05, 3.63) is 39.9 Å². The summed E-state index contributed by atoms with van der Waals surface area (Å²) >= 11 is 11.9. The zero-order valence-electron chi connectivity index (χ0n) is 11.3. The number of hydrogen-bond acceptors (Lipinski definition) is 3. The lowest BCUT2D eigenvalue weighted by molar-refractivity contribution is -0.121. The van der Waals surface area contributed by atoms with Gasteiger partial charge in [-0.2, -0.15) is 0 Å². The molecular formula is C14H17Cl2N3O. The summed E-state index contributed by atoms with van der Waals surface area (Å²) in [4.78, 5) is 14.1. The number of benzene rings is 1. The van der Waals surface area contributed by atoms with Crippen LogP contribution in [0.5, 0.6) is 0 Å². The van der Waals surface area contributed by atoms with Crippen LogP contribution in [0.3, 0.4) is 0 Å². The van der Waals surface area contributed by atoms with Gasteiger partial charge in [-0.3, -0.25) is 10.2 Å². The average Bonchev–Trinajstić information content (AvgIpc) is 2.40. The molecule has 0 spiro atoms. The number of rotatable bonds is 3. The largest absolute Gasteiger partial charge is 0.304 e. The molecule has 1 aromatic rings. The minimum Gasteiger partial charge on any atom is -0.304 e. The molecule has 0 bridgehead atoms. The van der Waals surface area contributed by atoms with E-state index < -0.39 is 0 Å². The van der Waals surface area contributed by atoms with Gasteiger partial charge in [0.25, 0.3) is 5.91 Å². The Kier molecular flexibility index (Phi) is 5.43. The van der Waals surface area contributed by atoms with Crippen molar-refractivity contribution in [2.45, 2.75) is 0 Å². The third kappa shape index (κ3) is 4.49. The first-order chi connectivity index (χ1) is 9.54. The molecule has 0 aliphatic carbocycles. The van der Waals surface area contributed by atoms with Crippen molar-refractivity contribution in [3.8, 4) is 0 Å². The van der Waals surface area contributed by atoms with E-state index in [2.05, 4.69) is 17.4 Å². The maximum atomic E-state index is 11.8. The lowest BCUT2D eigenvalue weighted by atomic mass is 10.2. The van der Waals surface area contributed by atoms with E-state index in [4.69, 9.17) is 23.2 Å². The standard InChI is InChI=1S/C14H17Cl2N3O/c1-18-6-8-19(9-7-18)17-14(20)5-3-11-2-4-12(15)10-13(11)16/h2-5,10H,6-9H2,1H3,(H,17,20)/b5-3+. The quantitative estimate of drug-likeness (QED) is 0.870. The number of likely N-dealkylation sites (N-methyl/N-ethyl adjacent to an activating group) is 1. The van der Waals surface area contributed by atoms with Crippen molar-refractivity contribution in [2.24, 2.45) is 0 Å². The molecule has 0 atom stereocenters. The van der Waals surface area contributed by atoms with E-state index in [0.29, 0.717) is 10.0 Å². The van der Waals surface area contributed by atoms with Crippen molar-refractivity contribution in [2.75, 3.05) is 33.2 Å². The second kappa shape index (κ2) is 7.09. The average molecular weight is 314 g/mol. The molecule has 2 rings (SSSR count). The smallest absolute Gasteiger partial charge is 0.258 e. The van der Waals surface area contributed by atoms with Crippen LogP contribution < -0.4 is 5.43 Å². The highest BCUT2D eigenvalue weighted by molar-refractivity contribution is 6.35. The third-order valence-corrected chi connectivity index (χ3v) is 3.71. The van der Waals surface area contributed by atoms with Crippen molar-refractivity contribution in [1.29, 1.82) is 0 Å². The van der Waals surface area contributed by atoms with Crippen molar-refractivity contribution >= 4 is 35.2 Å². The number of hydrogen-bond donors (Lipinski definition) is 1. The Labute approximate surface area is 128 Å². The molecule has 1 fully saturated rings. The van der Waals surface area contributed by atoms with Crippen LogP contribution >= 0.6 is 23.2 Å². The van der Waals surface area contributed by atoms with Gasteiger partial charge < -0.3 is 4.90 Å². The van der Waals surface area contributed by atoms with E-state index in [1.54, 1.807) is 24.3 Å². The Balaban J connectivity index is 1.89. The van der Waals surface area contributed by atoms with E-state index in [-0.39, 0.29) is 5.91 Å². The Bertz CT molecular complexity index is 511. The number of halogens is 2. The Morgan fingerprint density at radius 3 is 2.60 bits per heavy atom. The lowest BCUT2D eigenvalue weighted by Crippen LogP contribution is -2.52. The van der Waals surface area contributed by atoms with E-state index >= 15 is 0 Å². The fraction of sp³-hybridized carbons (Fsp3) is 0.357. The number of piperazine rings is 1. The number of nitrogens with one attached hydrogen (secondary N) is 1. The van der Waals surface area contributed by atoms with Crippen molar-refractivity contribution < 1.29 is 4.79 Å². The molecule has 1 saturated heterocycles. The molecule has 1 N–H and O–H groups in total. The minimum absolute atomic E-state index is 0.152. The summed E-state index contributed by atoms with van der Waals surface area (Å²) < 4.78 is 0. The molecular weight excluding hydrogens is 297 g/mol. The lowest BCUT2D eigenvalue weighted by Gasteiger charge is -2.31. The van der Waals surface area contributed by atoms with E-state index in [1.165, 1.54) is 6.08 Å². The number of nitrogens with zero attached hydrogens (tertiary/aromatic N) is 2. The number of carbonyl (C=O) groups excluding carboxylic acids is 1. The first kappa shape index (κ1) is 15.3. The summed E-state index contributed by atoms with van der Waals surface area (Å²) in [5, 5.41) is 3.03. The normalized spacial score (nSPS) is 17.6. The highest BCUT2D eigenvalue weighted by Crippen LogP contribution is 2.21. The highest BCUT2D eigenvalue weighted by Gasteiger charge is 2.14. The van der Waals surface area contributed by atoms with Gasteiger partial charge in [-0.1, -0.05) is 29.3 Å². The number of carbonyl (C=O) groups is 1. The Morgan fingerprint density at radius 1 is 1.25 bits per heavy atom. The van der Waals surface area contributed by atoms with Gasteiger partial charge in [0.1, 0.15) is 0 Å². The predicted octanol–water partition coefficient (Wildman–Crippen LogP) is 2.29. The fourth-order valence-corrected chi connectivity index (χ4v) is 2.38. The van der Waals surface area contributed by atoms with Crippen molar-refractivity contribution in [3.63, 3.8) is 0 Å². The zero-order chi connectivity index (χ0) is 14.5. The molecule has 1 aliphatic heterocycles. The maximum absolute atomic E-state index is 11.8. The van der Waals surface area contributed by atoms with E-state index in [1.807, 2.05) is 5.01 Å². The van der Waals surface area contributed by atoms with Crippen LogP contribution in [-0.4, -0.2) is 49.0 Å². The van der Waals surface area contributed by atoms with Crippen LogP contribution in [0.4, 0.5) is 0 Å². The molecule has 1 amide bonds. The van der Waals surface area contributed by atoms with Gasteiger partial charge in [-0.25, -0.2) is 5.01 Å². The minimum atomic E-state index is -0.152. The SMILES string of the molecule is CN1CCN(NC(=O)/C=C/c2ccc(Cl)cc2Cl)CC1. The molecule has 0 aromatic heterocycles. The van der Waals surface area contributed by atoms with Crippen molar-refractivity contribution in [1.82, 2.24) is 15.3 Å². The summed E-state index contributed by atoms with van der Waals surface area (Å²) in [5.41, 5.74) is 3.62. The maximum Gasteiger partial charge on any atom is 0.258 e. The predicted molar refractivity (Wildman–Crippen MR) is 82.7 cm³/mol. The first-order valence-corrected chi connectivity index (χ1v) is 7.17. The van der Waals surface area contributed by atoms with Crippen LogP contribution in [0.1, 0.15) is 5.56 Å². The second-order valence-electron chi connectivity index (χ2n) is 4.77. The van der Waals surface area contributed by atoms with Gasteiger partial charge in [-0.05, 0) is 30.8 Å². The summed E-state index contributed by atoms with van der Waals surface area (Å²) in [6, 6.07) is 5.18. The molecule has 20 heavy (non-hydrogen) atoms. The molecule has 4 nitrogen and oxygen atoms in total. The van der Waals surface area contributed by atoms with E-state index in [0.717, 1.165) is 31.7 Å². The summed E-state index contributed by atoms with van der Waals surface area (Å²) in [5.74, 6) is -0.152. The van der Waals surface area contributed by atoms with Crippen LogP contribution in [0, 0.1) is 0 Å². The van der Waals surface area contributed by atoms with Gasteiger partial charge in [0.2, 0.25) is 0 Å². The topological polar surface area (TPSA) is 35.6 Å².